The SMILES string of the molecule is Cc1cc(C)c(NC(=O)Cn2cccc3c(=O)n(Cc4ccncc4)c(=O)nc2-3)c(C)c1. The summed E-state index contributed by atoms with van der Waals surface area (Å²) in [6.07, 6.45) is 4.84. The van der Waals surface area contributed by atoms with Crippen molar-refractivity contribution in [2.45, 2.75) is 33.9 Å². The van der Waals surface area contributed by atoms with Gasteiger partial charge in [-0.3, -0.25) is 19.1 Å². The molecule has 1 aromatic heterocycles. The van der Waals surface area contributed by atoms with E-state index in [-0.39, 0.29) is 30.4 Å². The number of carbonyl (C=O) groups is 1. The molecule has 1 aromatic carbocycles. The number of nitrogens with zero attached hydrogens (tertiary/aromatic N) is 4. The first-order valence-corrected chi connectivity index (χ1v) is 10.2. The number of pyridine rings is 2. The summed E-state index contributed by atoms with van der Waals surface area (Å²) in [4.78, 5) is 46.5. The highest BCUT2D eigenvalue weighted by atomic mass is 16.2. The molecule has 2 aromatic rings. The van der Waals surface area contributed by atoms with Crippen molar-refractivity contribution in [1.82, 2.24) is 19.1 Å². The summed E-state index contributed by atoms with van der Waals surface area (Å²) in [5.74, 6) is -0.0891. The molecule has 0 spiro atoms. The van der Waals surface area contributed by atoms with Gasteiger partial charge in [0, 0.05) is 24.3 Å². The van der Waals surface area contributed by atoms with E-state index in [0.29, 0.717) is 0 Å². The molecule has 0 aliphatic carbocycles. The van der Waals surface area contributed by atoms with Crippen LogP contribution in [0.25, 0.3) is 11.4 Å². The number of rotatable bonds is 5. The second-order valence-electron chi connectivity index (χ2n) is 7.84. The van der Waals surface area contributed by atoms with Crippen molar-refractivity contribution in [1.29, 1.82) is 0 Å². The van der Waals surface area contributed by atoms with Crippen LogP contribution in [0.15, 0.2) is 64.6 Å². The molecule has 2 aliphatic heterocycles. The fourth-order valence-corrected chi connectivity index (χ4v) is 3.87. The number of amides is 1. The topological polar surface area (TPSA) is 98.9 Å². The van der Waals surface area contributed by atoms with Gasteiger partial charge in [0.05, 0.1) is 12.1 Å². The lowest BCUT2D eigenvalue weighted by molar-refractivity contribution is -0.116. The van der Waals surface area contributed by atoms with E-state index in [1.807, 2.05) is 32.9 Å². The van der Waals surface area contributed by atoms with Crippen LogP contribution in [-0.4, -0.2) is 25.0 Å². The van der Waals surface area contributed by atoms with Crippen LogP contribution in [0, 0.1) is 20.8 Å². The fourth-order valence-electron chi connectivity index (χ4n) is 3.87. The summed E-state index contributed by atoms with van der Waals surface area (Å²) in [5, 5.41) is 2.94. The van der Waals surface area contributed by atoms with Crippen LogP contribution in [0.2, 0.25) is 0 Å². The number of benzene rings is 1. The molecule has 8 heteroatoms. The molecule has 32 heavy (non-hydrogen) atoms. The van der Waals surface area contributed by atoms with Gasteiger partial charge in [0.1, 0.15) is 6.54 Å². The van der Waals surface area contributed by atoms with Gasteiger partial charge >= 0.3 is 5.69 Å². The molecule has 0 unspecified atom stereocenters. The molecule has 1 amide bonds. The van der Waals surface area contributed by atoms with Gasteiger partial charge in [0.2, 0.25) is 5.91 Å². The van der Waals surface area contributed by atoms with Crippen LogP contribution in [0.1, 0.15) is 22.3 Å². The highest BCUT2D eigenvalue weighted by molar-refractivity contribution is 5.92. The third-order valence-electron chi connectivity index (χ3n) is 5.30. The third-order valence-corrected chi connectivity index (χ3v) is 5.30. The van der Waals surface area contributed by atoms with Crippen LogP contribution < -0.4 is 16.6 Å². The van der Waals surface area contributed by atoms with Crippen molar-refractivity contribution in [2.24, 2.45) is 0 Å². The van der Waals surface area contributed by atoms with E-state index < -0.39 is 11.2 Å². The lowest BCUT2D eigenvalue weighted by atomic mass is 10.1. The maximum atomic E-state index is 13.0. The lowest BCUT2D eigenvalue weighted by Gasteiger charge is -2.16. The molecule has 0 fully saturated rings. The average Bonchev–Trinajstić information content (AvgIpc) is 2.75. The minimum Gasteiger partial charge on any atom is -0.324 e. The standard InChI is InChI=1S/C24H23N5O3/c1-15-11-16(2)21(17(3)12-15)26-20(30)14-28-10-4-5-19-22(28)27-24(32)29(23(19)31)13-18-6-8-25-9-7-18/h4-12H,13-14H2,1-3H3,(H,26,30). The molecule has 0 saturated carbocycles. The molecule has 1 N–H and O–H groups in total. The van der Waals surface area contributed by atoms with Crippen LogP contribution in [0.5, 0.6) is 0 Å². The van der Waals surface area contributed by atoms with E-state index in [9.17, 15) is 14.4 Å². The molecule has 0 saturated heterocycles. The van der Waals surface area contributed by atoms with Crippen molar-refractivity contribution in [3.8, 4) is 11.4 Å². The Hall–Kier alpha value is -4.07. The molecular weight excluding hydrogens is 406 g/mol. The van der Waals surface area contributed by atoms with Crippen LogP contribution in [0.3, 0.4) is 0 Å². The van der Waals surface area contributed by atoms with Crippen molar-refractivity contribution in [2.75, 3.05) is 5.32 Å². The Bertz CT molecular complexity index is 1370. The van der Waals surface area contributed by atoms with Crippen LogP contribution in [-0.2, 0) is 17.9 Å². The number of anilines is 1. The number of fused-ring (bicyclic) bond motifs is 1. The second kappa shape index (κ2) is 8.58. The number of hydrogen-bond donors (Lipinski definition) is 1. The smallest absolute Gasteiger partial charge is 0.324 e. The zero-order valence-corrected chi connectivity index (χ0v) is 18.1. The Labute approximate surface area is 184 Å². The summed E-state index contributed by atoms with van der Waals surface area (Å²) < 4.78 is 2.60. The predicted octanol–water partition coefficient (Wildman–Crippen LogP) is 2.52. The molecule has 0 radical (unpaired) electrons. The van der Waals surface area contributed by atoms with Gasteiger partial charge in [0.15, 0.2) is 5.82 Å². The summed E-state index contributed by atoms with van der Waals surface area (Å²) in [6.45, 7) is 5.91. The quantitative estimate of drug-likeness (QED) is 0.526. The zero-order chi connectivity index (χ0) is 22.8. The van der Waals surface area contributed by atoms with Crippen LogP contribution in [0.4, 0.5) is 5.69 Å². The Morgan fingerprint density at radius 1 is 1.03 bits per heavy atom. The summed E-state index contributed by atoms with van der Waals surface area (Å²) in [5.41, 5.74) is 3.76. The molecule has 8 nitrogen and oxygen atoms in total. The molecular formula is C24H23N5O3. The zero-order valence-electron chi connectivity index (χ0n) is 18.1. The largest absolute Gasteiger partial charge is 0.352 e. The first-order valence-electron chi connectivity index (χ1n) is 10.2. The Morgan fingerprint density at radius 2 is 1.72 bits per heavy atom. The molecule has 3 heterocycles. The van der Waals surface area contributed by atoms with Crippen molar-refractivity contribution in [3.05, 3.63) is 98.1 Å². The lowest BCUT2D eigenvalue weighted by Crippen LogP contribution is -2.38. The van der Waals surface area contributed by atoms with Crippen LogP contribution >= 0.6 is 0 Å². The number of nitrogens with one attached hydrogen (secondary N) is 1. The number of hydrogen-bond acceptors (Lipinski definition) is 5. The molecule has 4 rings (SSSR count). The normalized spacial score (nSPS) is 11.0. The van der Waals surface area contributed by atoms with Gasteiger partial charge in [-0.15, -0.1) is 0 Å². The summed E-state index contributed by atoms with van der Waals surface area (Å²) in [7, 11) is 0. The maximum Gasteiger partial charge on any atom is 0.352 e. The predicted molar refractivity (Wildman–Crippen MR) is 122 cm³/mol. The minimum absolute atomic E-state index is 0.0790. The van der Waals surface area contributed by atoms with Gasteiger partial charge in [-0.1, -0.05) is 17.7 Å². The Kier molecular flexibility index (Phi) is 5.68. The monoisotopic (exact) mass is 429 g/mol. The van der Waals surface area contributed by atoms with Crippen molar-refractivity contribution in [3.63, 3.8) is 0 Å². The van der Waals surface area contributed by atoms with E-state index in [1.165, 1.54) is 4.57 Å². The van der Waals surface area contributed by atoms with Gasteiger partial charge in [-0.2, -0.15) is 4.98 Å². The van der Waals surface area contributed by atoms with E-state index in [4.69, 9.17) is 0 Å². The Morgan fingerprint density at radius 3 is 2.41 bits per heavy atom. The van der Waals surface area contributed by atoms with Gasteiger partial charge in [-0.25, -0.2) is 4.79 Å². The maximum absolute atomic E-state index is 13.0. The van der Waals surface area contributed by atoms with E-state index in [0.717, 1.165) is 32.5 Å². The number of carbonyl (C=O) groups excluding carboxylic acids is 1. The number of aryl methyl sites for hydroxylation is 3. The second-order valence-corrected chi connectivity index (χ2v) is 7.84. The summed E-state index contributed by atoms with van der Waals surface area (Å²) >= 11 is 0. The third kappa shape index (κ3) is 4.20. The Balaban J connectivity index is 1.65. The molecule has 2 aliphatic rings. The van der Waals surface area contributed by atoms with Crippen molar-refractivity contribution < 1.29 is 4.79 Å². The van der Waals surface area contributed by atoms with Crippen molar-refractivity contribution >= 4 is 11.6 Å². The molecule has 0 atom stereocenters. The average molecular weight is 429 g/mol. The highest BCUT2D eigenvalue weighted by Gasteiger charge is 2.19. The highest BCUT2D eigenvalue weighted by Crippen LogP contribution is 2.22. The fraction of sp³-hybridized carbons (Fsp3) is 0.208. The van der Waals surface area contributed by atoms with Gasteiger partial charge in [0.25, 0.3) is 5.56 Å². The number of aromatic nitrogens is 4. The molecule has 0 bridgehead atoms. The van der Waals surface area contributed by atoms with E-state index in [1.54, 1.807) is 42.9 Å². The molecule has 162 valence electrons. The van der Waals surface area contributed by atoms with Gasteiger partial charge in [-0.05, 0) is 61.7 Å². The minimum atomic E-state index is -0.662. The first kappa shape index (κ1) is 21.2. The van der Waals surface area contributed by atoms with Gasteiger partial charge < -0.3 is 9.88 Å². The summed E-state index contributed by atoms with van der Waals surface area (Å²) in [6, 6.07) is 10.8. The first-order chi connectivity index (χ1) is 15.3. The van der Waals surface area contributed by atoms with E-state index >= 15 is 0 Å². The van der Waals surface area contributed by atoms with E-state index in [2.05, 4.69) is 15.3 Å².